The zero-order chi connectivity index (χ0) is 22.7. The fourth-order valence-corrected chi connectivity index (χ4v) is 4.40. The Morgan fingerprint density at radius 2 is 1.69 bits per heavy atom. The van der Waals surface area contributed by atoms with Crippen molar-refractivity contribution in [2.24, 2.45) is 5.10 Å². The summed E-state index contributed by atoms with van der Waals surface area (Å²) in [5.41, 5.74) is 3.41. The van der Waals surface area contributed by atoms with Crippen molar-refractivity contribution in [2.75, 3.05) is 10.5 Å². The van der Waals surface area contributed by atoms with Crippen molar-refractivity contribution in [1.29, 1.82) is 0 Å². The van der Waals surface area contributed by atoms with E-state index in [1.165, 1.54) is 5.01 Å². The van der Waals surface area contributed by atoms with E-state index in [2.05, 4.69) is 9.82 Å². The molecular formula is C24H22ClN3O3S. The van der Waals surface area contributed by atoms with Crippen LogP contribution < -0.4 is 4.72 Å². The molecule has 0 saturated heterocycles. The summed E-state index contributed by atoms with van der Waals surface area (Å²) in [6, 6.07) is 23.4. The number of hydrogen-bond acceptors (Lipinski definition) is 4. The molecule has 0 fully saturated rings. The summed E-state index contributed by atoms with van der Waals surface area (Å²) in [6.45, 7) is 1.58. The number of nitrogens with one attached hydrogen (secondary N) is 1. The fourth-order valence-electron chi connectivity index (χ4n) is 3.55. The zero-order valence-corrected chi connectivity index (χ0v) is 19.0. The first-order valence-electron chi connectivity index (χ1n) is 10.2. The predicted octanol–water partition coefficient (Wildman–Crippen LogP) is 5.09. The van der Waals surface area contributed by atoms with Crippen LogP contribution in [0.5, 0.6) is 0 Å². The minimum absolute atomic E-state index is 0.000662. The highest BCUT2D eigenvalue weighted by molar-refractivity contribution is 7.92. The Morgan fingerprint density at radius 3 is 2.34 bits per heavy atom. The third-order valence-electron chi connectivity index (χ3n) is 5.28. The molecule has 32 heavy (non-hydrogen) atoms. The van der Waals surface area contributed by atoms with Crippen LogP contribution in [0.2, 0.25) is 5.02 Å². The van der Waals surface area contributed by atoms with Crippen LogP contribution in [0.3, 0.4) is 0 Å². The van der Waals surface area contributed by atoms with Crippen molar-refractivity contribution in [3.05, 3.63) is 101 Å². The molecule has 3 aromatic rings. The molecule has 0 spiro atoms. The summed E-state index contributed by atoms with van der Waals surface area (Å²) in [4.78, 5) is 13.3. The second-order valence-corrected chi connectivity index (χ2v) is 9.81. The van der Waals surface area contributed by atoms with Crippen LogP contribution in [0, 0.1) is 0 Å². The van der Waals surface area contributed by atoms with Gasteiger partial charge in [0, 0.05) is 12.1 Å². The van der Waals surface area contributed by atoms with Gasteiger partial charge in [-0.05, 0) is 42.3 Å². The van der Waals surface area contributed by atoms with Gasteiger partial charge < -0.3 is 0 Å². The number of hydrazone groups is 1. The number of rotatable bonds is 6. The van der Waals surface area contributed by atoms with Gasteiger partial charge in [0.2, 0.25) is 10.0 Å². The molecule has 1 unspecified atom stereocenters. The van der Waals surface area contributed by atoms with E-state index in [0.717, 1.165) is 16.8 Å². The Balaban J connectivity index is 1.66. The quantitative estimate of drug-likeness (QED) is 0.548. The van der Waals surface area contributed by atoms with Gasteiger partial charge in [-0.25, -0.2) is 13.4 Å². The average molecular weight is 468 g/mol. The van der Waals surface area contributed by atoms with Gasteiger partial charge in [0.25, 0.3) is 5.91 Å². The van der Waals surface area contributed by atoms with Crippen LogP contribution in [0.4, 0.5) is 5.69 Å². The standard InChI is InChI=1S/C24H22ClN3O3S/c1-2-32(30,31)27-19-14-12-17(13-15-19)22-16-23(18-8-4-3-5-9-18)28(26-22)24(29)20-10-6-7-11-21(20)25/h3-15,23,27H,2,16H2,1H3. The number of benzene rings is 3. The maximum atomic E-state index is 13.3. The van der Waals surface area contributed by atoms with E-state index in [9.17, 15) is 13.2 Å². The number of sulfonamides is 1. The number of amides is 1. The van der Waals surface area contributed by atoms with Crippen LogP contribution >= 0.6 is 11.6 Å². The summed E-state index contributed by atoms with van der Waals surface area (Å²) in [7, 11) is -3.35. The minimum atomic E-state index is -3.35. The van der Waals surface area contributed by atoms with Crippen molar-refractivity contribution >= 4 is 38.9 Å². The fraction of sp³-hybridized carbons (Fsp3) is 0.167. The van der Waals surface area contributed by atoms with Crippen molar-refractivity contribution in [3.8, 4) is 0 Å². The Labute approximate surface area is 192 Å². The average Bonchev–Trinajstić information content (AvgIpc) is 3.25. The van der Waals surface area contributed by atoms with Crippen LogP contribution in [-0.4, -0.2) is 30.8 Å². The lowest BCUT2D eigenvalue weighted by Gasteiger charge is -2.22. The lowest BCUT2D eigenvalue weighted by molar-refractivity contribution is 0.0711. The maximum absolute atomic E-state index is 13.3. The van der Waals surface area contributed by atoms with E-state index in [0.29, 0.717) is 22.7 Å². The Kier molecular flexibility index (Phi) is 6.30. The van der Waals surface area contributed by atoms with E-state index >= 15 is 0 Å². The normalized spacial score (nSPS) is 16.0. The molecule has 164 valence electrons. The lowest BCUT2D eigenvalue weighted by Crippen LogP contribution is -2.27. The van der Waals surface area contributed by atoms with Crippen molar-refractivity contribution in [2.45, 2.75) is 19.4 Å². The van der Waals surface area contributed by atoms with E-state index in [-0.39, 0.29) is 17.7 Å². The highest BCUT2D eigenvalue weighted by Gasteiger charge is 2.34. The minimum Gasteiger partial charge on any atom is -0.284 e. The molecule has 8 heteroatoms. The van der Waals surface area contributed by atoms with Crippen LogP contribution in [0.15, 0.2) is 84.0 Å². The smallest absolute Gasteiger partial charge is 0.276 e. The number of hydrogen-bond donors (Lipinski definition) is 1. The molecule has 1 atom stereocenters. The number of nitrogens with zero attached hydrogens (tertiary/aromatic N) is 2. The molecule has 0 radical (unpaired) electrons. The molecule has 1 amide bonds. The van der Waals surface area contributed by atoms with E-state index in [1.54, 1.807) is 55.5 Å². The summed E-state index contributed by atoms with van der Waals surface area (Å²) in [5.74, 6) is -0.272. The van der Waals surface area contributed by atoms with Gasteiger partial charge in [0.15, 0.2) is 0 Å². The summed E-state index contributed by atoms with van der Waals surface area (Å²) in [6.07, 6.45) is 0.528. The Hall–Kier alpha value is -3.16. The van der Waals surface area contributed by atoms with Crippen molar-refractivity contribution < 1.29 is 13.2 Å². The Bertz CT molecular complexity index is 1260. The van der Waals surface area contributed by atoms with Crippen LogP contribution in [0.1, 0.15) is 40.9 Å². The molecule has 0 saturated carbocycles. The van der Waals surface area contributed by atoms with E-state index in [4.69, 9.17) is 11.6 Å². The van der Waals surface area contributed by atoms with Gasteiger partial charge in [0.05, 0.1) is 28.1 Å². The van der Waals surface area contributed by atoms with Gasteiger partial charge in [-0.1, -0.05) is 66.2 Å². The van der Waals surface area contributed by atoms with Gasteiger partial charge in [0.1, 0.15) is 0 Å². The molecule has 4 rings (SSSR count). The number of carbonyl (C=O) groups excluding carboxylic acids is 1. The van der Waals surface area contributed by atoms with Crippen LogP contribution in [0.25, 0.3) is 0 Å². The highest BCUT2D eigenvalue weighted by atomic mass is 35.5. The molecule has 1 N–H and O–H groups in total. The van der Waals surface area contributed by atoms with Crippen molar-refractivity contribution in [1.82, 2.24) is 5.01 Å². The Morgan fingerprint density at radius 1 is 1.03 bits per heavy atom. The first-order valence-corrected chi connectivity index (χ1v) is 12.2. The largest absolute Gasteiger partial charge is 0.284 e. The second-order valence-electron chi connectivity index (χ2n) is 7.39. The molecule has 0 bridgehead atoms. The maximum Gasteiger partial charge on any atom is 0.276 e. The van der Waals surface area contributed by atoms with Gasteiger partial charge in [-0.3, -0.25) is 9.52 Å². The molecule has 0 aliphatic carbocycles. The number of halogens is 1. The molecule has 6 nitrogen and oxygen atoms in total. The SMILES string of the molecule is CCS(=O)(=O)Nc1ccc(C2=NN(C(=O)c3ccccc3Cl)C(c3ccccc3)C2)cc1. The number of carbonyl (C=O) groups is 1. The molecule has 3 aromatic carbocycles. The van der Waals surface area contributed by atoms with Crippen LogP contribution in [-0.2, 0) is 10.0 Å². The second kappa shape index (κ2) is 9.14. The third-order valence-corrected chi connectivity index (χ3v) is 6.91. The summed E-state index contributed by atoms with van der Waals surface area (Å²) >= 11 is 6.27. The molecule has 1 aliphatic heterocycles. The summed E-state index contributed by atoms with van der Waals surface area (Å²) < 4.78 is 26.1. The first kappa shape index (κ1) is 22.0. The van der Waals surface area contributed by atoms with Crippen molar-refractivity contribution in [3.63, 3.8) is 0 Å². The molecular weight excluding hydrogens is 446 g/mol. The third kappa shape index (κ3) is 4.69. The monoisotopic (exact) mass is 467 g/mol. The van der Waals surface area contributed by atoms with E-state index < -0.39 is 10.0 Å². The number of anilines is 1. The molecule has 1 heterocycles. The molecule has 1 aliphatic rings. The summed E-state index contributed by atoms with van der Waals surface area (Å²) in [5, 5.41) is 6.52. The van der Waals surface area contributed by atoms with Gasteiger partial charge in [-0.15, -0.1) is 0 Å². The highest BCUT2D eigenvalue weighted by Crippen LogP contribution is 2.35. The lowest BCUT2D eigenvalue weighted by atomic mass is 9.98. The van der Waals surface area contributed by atoms with E-state index in [1.807, 2.05) is 30.3 Å². The first-order chi connectivity index (χ1) is 15.4. The zero-order valence-electron chi connectivity index (χ0n) is 17.4. The van der Waals surface area contributed by atoms with Gasteiger partial charge >= 0.3 is 0 Å². The topological polar surface area (TPSA) is 78.8 Å². The van der Waals surface area contributed by atoms with Gasteiger partial charge in [-0.2, -0.15) is 5.10 Å². The predicted molar refractivity (Wildman–Crippen MR) is 127 cm³/mol. The molecule has 0 aromatic heterocycles.